The van der Waals surface area contributed by atoms with E-state index >= 15 is 0 Å². The number of unbranched alkanes of at least 4 members (excludes halogenated alkanes) is 45. The second kappa shape index (κ2) is 64.2. The molecule has 6 nitrogen and oxygen atoms in total. The van der Waals surface area contributed by atoms with Crippen LogP contribution in [-0.2, 0) is 28.6 Å². The first-order valence-corrected chi connectivity index (χ1v) is 33.5. The third-order valence-electron chi connectivity index (χ3n) is 15.1. The minimum absolute atomic E-state index is 0.0743. The zero-order valence-electron chi connectivity index (χ0n) is 50.6. The van der Waals surface area contributed by atoms with Crippen LogP contribution in [0.1, 0.15) is 367 Å². The van der Waals surface area contributed by atoms with Crippen LogP contribution in [0.2, 0.25) is 0 Å². The first kappa shape index (κ1) is 72.6. The lowest BCUT2D eigenvalue weighted by molar-refractivity contribution is -0.167. The van der Waals surface area contributed by atoms with Gasteiger partial charge in [-0.1, -0.05) is 295 Å². The largest absolute Gasteiger partial charge is 0.462 e. The van der Waals surface area contributed by atoms with Gasteiger partial charge in [-0.15, -0.1) is 0 Å². The van der Waals surface area contributed by atoms with Gasteiger partial charge in [0.15, 0.2) is 6.10 Å². The molecule has 1 unspecified atom stereocenters. The van der Waals surface area contributed by atoms with Crippen molar-refractivity contribution in [3.63, 3.8) is 0 Å². The van der Waals surface area contributed by atoms with Crippen LogP contribution in [0.4, 0.5) is 0 Å². The van der Waals surface area contributed by atoms with Crippen molar-refractivity contribution in [2.45, 2.75) is 374 Å². The van der Waals surface area contributed by atoms with Crippen molar-refractivity contribution in [1.29, 1.82) is 0 Å². The smallest absolute Gasteiger partial charge is 0.306 e. The zero-order chi connectivity index (χ0) is 54.3. The summed E-state index contributed by atoms with van der Waals surface area (Å²) in [5, 5.41) is 0. The highest BCUT2D eigenvalue weighted by Crippen LogP contribution is 2.18. The Morgan fingerprint density at radius 3 is 0.720 bits per heavy atom. The molecule has 0 aliphatic heterocycles. The molecule has 0 heterocycles. The van der Waals surface area contributed by atoms with Crippen molar-refractivity contribution < 1.29 is 28.6 Å². The van der Waals surface area contributed by atoms with Crippen LogP contribution in [0.15, 0.2) is 36.5 Å². The van der Waals surface area contributed by atoms with Crippen LogP contribution in [0.25, 0.3) is 0 Å². The number of esters is 3. The van der Waals surface area contributed by atoms with Crippen LogP contribution in [0.5, 0.6) is 0 Å². The second-order valence-electron chi connectivity index (χ2n) is 22.7. The summed E-state index contributed by atoms with van der Waals surface area (Å²) in [7, 11) is 0. The topological polar surface area (TPSA) is 78.9 Å². The minimum atomic E-state index is -0.777. The number of hydrogen-bond donors (Lipinski definition) is 0. The fraction of sp³-hybridized carbons (Fsp3) is 0.870. The van der Waals surface area contributed by atoms with E-state index in [1.165, 1.54) is 250 Å². The summed E-state index contributed by atoms with van der Waals surface area (Å²) < 4.78 is 16.9. The molecular formula is C69H128O6. The van der Waals surface area contributed by atoms with E-state index < -0.39 is 6.10 Å². The quantitative estimate of drug-likeness (QED) is 0.0261. The standard InChI is InChI=1S/C69H128O6/c1-4-7-10-13-16-19-22-24-26-28-29-30-31-32-33-34-35-36-37-38-39-40-41-42-44-45-47-50-53-56-59-62-68(71)74-65-66(64-73-67(70)61-58-55-52-49-21-18-15-12-9-6-3)75-69(72)63-60-57-54-51-48-46-43-27-25-23-20-17-14-11-8-5-2/h12,15,27-29,43,66H,4-11,13-14,16-26,30-42,44-65H2,1-3H3/b15-12-,29-28-,43-27-. The van der Waals surface area contributed by atoms with Crippen molar-refractivity contribution in [3.05, 3.63) is 36.5 Å². The Morgan fingerprint density at radius 2 is 0.467 bits per heavy atom. The van der Waals surface area contributed by atoms with E-state index in [0.29, 0.717) is 19.3 Å². The van der Waals surface area contributed by atoms with E-state index in [4.69, 9.17) is 14.2 Å². The summed E-state index contributed by atoms with van der Waals surface area (Å²) in [6, 6.07) is 0. The Bertz CT molecular complexity index is 1250. The molecule has 0 fully saturated rings. The Kier molecular flexibility index (Phi) is 62.1. The van der Waals surface area contributed by atoms with E-state index in [9.17, 15) is 14.4 Å². The molecule has 0 radical (unpaired) electrons. The number of carbonyl (C=O) groups is 3. The van der Waals surface area contributed by atoms with Gasteiger partial charge in [0.2, 0.25) is 0 Å². The van der Waals surface area contributed by atoms with E-state index in [1.54, 1.807) is 0 Å². The molecule has 0 aromatic heterocycles. The van der Waals surface area contributed by atoms with Crippen LogP contribution >= 0.6 is 0 Å². The van der Waals surface area contributed by atoms with Crippen LogP contribution in [0, 0.1) is 0 Å². The molecule has 0 saturated carbocycles. The lowest BCUT2D eigenvalue weighted by atomic mass is 10.0. The molecular weight excluding hydrogens is 925 g/mol. The highest BCUT2D eigenvalue weighted by molar-refractivity contribution is 5.71. The third kappa shape index (κ3) is 62.4. The Labute approximate surface area is 467 Å². The summed E-state index contributed by atoms with van der Waals surface area (Å²) in [4.78, 5) is 38.2. The summed E-state index contributed by atoms with van der Waals surface area (Å²) >= 11 is 0. The predicted octanol–water partition coefficient (Wildman–Crippen LogP) is 22.8. The number of rotatable bonds is 62. The highest BCUT2D eigenvalue weighted by atomic mass is 16.6. The van der Waals surface area contributed by atoms with Crippen LogP contribution in [0.3, 0.4) is 0 Å². The summed E-state index contributed by atoms with van der Waals surface area (Å²) in [5.74, 6) is -0.873. The molecule has 0 aromatic rings. The molecule has 1 atom stereocenters. The molecule has 0 amide bonds. The predicted molar refractivity (Wildman–Crippen MR) is 326 cm³/mol. The van der Waals surface area contributed by atoms with E-state index in [-0.39, 0.29) is 31.1 Å². The average Bonchev–Trinajstić information content (AvgIpc) is 3.41. The Morgan fingerprint density at radius 1 is 0.253 bits per heavy atom. The van der Waals surface area contributed by atoms with Gasteiger partial charge in [0.1, 0.15) is 13.2 Å². The first-order chi connectivity index (χ1) is 37.0. The highest BCUT2D eigenvalue weighted by Gasteiger charge is 2.19. The van der Waals surface area contributed by atoms with Gasteiger partial charge in [-0.2, -0.15) is 0 Å². The van der Waals surface area contributed by atoms with Gasteiger partial charge in [0, 0.05) is 19.3 Å². The third-order valence-corrected chi connectivity index (χ3v) is 15.1. The number of carbonyl (C=O) groups excluding carboxylic acids is 3. The fourth-order valence-electron chi connectivity index (χ4n) is 10.0. The monoisotopic (exact) mass is 1050 g/mol. The summed E-state index contributed by atoms with van der Waals surface area (Å²) in [6.45, 7) is 6.61. The molecule has 0 saturated heterocycles. The van der Waals surface area contributed by atoms with Crippen molar-refractivity contribution in [3.8, 4) is 0 Å². The molecule has 75 heavy (non-hydrogen) atoms. The number of allylic oxidation sites excluding steroid dienone is 6. The van der Waals surface area contributed by atoms with Crippen molar-refractivity contribution >= 4 is 17.9 Å². The molecule has 6 heteroatoms. The van der Waals surface area contributed by atoms with Gasteiger partial charge < -0.3 is 14.2 Å². The van der Waals surface area contributed by atoms with Gasteiger partial charge in [-0.3, -0.25) is 14.4 Å². The molecule has 0 N–H and O–H groups in total. The van der Waals surface area contributed by atoms with E-state index in [2.05, 4.69) is 57.2 Å². The molecule has 0 bridgehead atoms. The summed E-state index contributed by atoms with van der Waals surface area (Å²) in [5.41, 5.74) is 0. The number of hydrogen-bond acceptors (Lipinski definition) is 6. The van der Waals surface area contributed by atoms with Gasteiger partial charge in [-0.25, -0.2) is 0 Å². The van der Waals surface area contributed by atoms with Crippen molar-refractivity contribution in [1.82, 2.24) is 0 Å². The maximum Gasteiger partial charge on any atom is 0.306 e. The number of ether oxygens (including phenoxy) is 3. The lowest BCUT2D eigenvalue weighted by Gasteiger charge is -2.18. The Balaban J connectivity index is 4.07. The first-order valence-electron chi connectivity index (χ1n) is 33.5. The van der Waals surface area contributed by atoms with Gasteiger partial charge >= 0.3 is 17.9 Å². The van der Waals surface area contributed by atoms with E-state index in [0.717, 1.165) is 77.0 Å². The lowest BCUT2D eigenvalue weighted by Crippen LogP contribution is -2.30. The van der Waals surface area contributed by atoms with Gasteiger partial charge in [0.25, 0.3) is 0 Å². The van der Waals surface area contributed by atoms with Crippen molar-refractivity contribution in [2.75, 3.05) is 13.2 Å². The van der Waals surface area contributed by atoms with Crippen molar-refractivity contribution in [2.24, 2.45) is 0 Å². The van der Waals surface area contributed by atoms with Crippen LogP contribution < -0.4 is 0 Å². The maximum atomic E-state index is 12.9. The molecule has 440 valence electrons. The zero-order valence-corrected chi connectivity index (χ0v) is 50.6. The van der Waals surface area contributed by atoms with E-state index in [1.807, 2.05) is 0 Å². The fourth-order valence-corrected chi connectivity index (χ4v) is 10.0. The SMILES string of the molecule is CCC/C=C\CCCCCCCC(=O)OCC(COC(=O)CCCCCCCCCCCCCCCCCCCCC/C=C\CCCCCCCCCC)OC(=O)CCCCCCC/C=C\CCCCCCCCC. The maximum absolute atomic E-state index is 12.9. The summed E-state index contributed by atoms with van der Waals surface area (Å²) in [6.07, 6.45) is 79.0. The Hall–Kier alpha value is -2.37. The molecule has 0 aliphatic carbocycles. The molecule has 0 spiro atoms. The normalized spacial score (nSPS) is 12.2. The molecule has 0 aliphatic rings. The average molecular weight is 1050 g/mol. The van der Waals surface area contributed by atoms with Gasteiger partial charge in [-0.05, 0) is 89.9 Å². The van der Waals surface area contributed by atoms with Crippen LogP contribution in [-0.4, -0.2) is 37.2 Å². The molecule has 0 rings (SSSR count). The van der Waals surface area contributed by atoms with Gasteiger partial charge in [0.05, 0.1) is 0 Å². The molecule has 0 aromatic carbocycles. The minimum Gasteiger partial charge on any atom is -0.462 e. The second-order valence-corrected chi connectivity index (χ2v) is 22.7.